The van der Waals surface area contributed by atoms with Crippen LogP contribution < -0.4 is 0 Å². The Morgan fingerprint density at radius 2 is 0.708 bits per heavy atom. The summed E-state index contributed by atoms with van der Waals surface area (Å²) < 4.78 is 59.8. The van der Waals surface area contributed by atoms with Crippen LogP contribution in [0.3, 0.4) is 0 Å². The molecule has 11 rings (SSSR count). The van der Waals surface area contributed by atoms with Gasteiger partial charge in [-0.3, -0.25) is 62.3 Å². The molecule has 744 valence electrons. The first-order valence-electron chi connectivity index (χ1n) is 51.1. The van der Waals surface area contributed by atoms with Crippen molar-refractivity contribution in [2.24, 2.45) is 111 Å². The predicted molar refractivity (Wildman–Crippen MR) is 497 cm³/mol. The Balaban J connectivity index is 0.000000301. The van der Waals surface area contributed by atoms with E-state index in [9.17, 15) is 62.3 Å². The van der Waals surface area contributed by atoms with Crippen LogP contribution in [-0.2, 0) is 114 Å². The fourth-order valence-corrected chi connectivity index (χ4v) is 22.9. The van der Waals surface area contributed by atoms with E-state index in [-0.39, 0.29) is 143 Å². The summed E-state index contributed by atoms with van der Waals surface area (Å²) in [6.45, 7) is 23.0. The van der Waals surface area contributed by atoms with Gasteiger partial charge in [0, 0.05) is 10.8 Å². The zero-order chi connectivity index (χ0) is 91.7. The monoisotopic (exact) mass is 1830 g/mol. The van der Waals surface area contributed by atoms with Crippen molar-refractivity contribution in [1.29, 1.82) is 0 Å². The number of rotatable bonds is 58. The van der Waals surface area contributed by atoms with E-state index in [1.807, 2.05) is 20.8 Å². The maximum Gasteiger partial charge on any atom is 0.317 e. The summed E-state index contributed by atoms with van der Waals surface area (Å²) in [5.74, 6) is -5.45. The number of hydrogen-bond acceptors (Lipinski definition) is 24. The van der Waals surface area contributed by atoms with Gasteiger partial charge in [-0.05, 0) is 229 Å². The summed E-state index contributed by atoms with van der Waals surface area (Å²) in [4.78, 5) is 162. The van der Waals surface area contributed by atoms with Crippen LogP contribution in [0.25, 0.3) is 0 Å². The minimum absolute atomic E-state index is 0. The lowest BCUT2D eigenvalue weighted by Crippen LogP contribution is -2.34. The van der Waals surface area contributed by atoms with E-state index in [1.165, 1.54) is 116 Å². The molecule has 11 fully saturated rings. The molecular formula is C106H176O24. The number of ketones is 1. The number of epoxide rings is 2. The molecule has 0 aromatic rings. The first-order valence-corrected chi connectivity index (χ1v) is 51.1. The van der Waals surface area contributed by atoms with E-state index in [0.29, 0.717) is 145 Å². The second-order valence-electron chi connectivity index (χ2n) is 41.6. The molecule has 11 aliphatic rings. The van der Waals surface area contributed by atoms with Crippen LogP contribution in [0.1, 0.15) is 419 Å². The Hall–Kier alpha value is -6.17. The molecule has 0 aromatic heterocycles. The summed E-state index contributed by atoms with van der Waals surface area (Å²) in [6.07, 6.45) is 47.8. The molecule has 4 bridgehead atoms. The average Bonchev–Trinajstić information content (AvgIpc) is 1.62. The predicted octanol–water partition coefficient (Wildman–Crippen LogP) is 22.5. The SMILES string of the molecule is C.C.C.CCC(CCCC1C(=O)OC(=O)C1CCCC(C)C(=O)OCCOC(=O)CC(C)=O)C(=O)OC1CC2CCC1(C)C2.CCC(CCCC1C(=O)OC(=O)C1CCCC(C)C1CCC2OC2C1)C(=O)OC1CC2CCC1(C)C2.CCCCCCCCCCOC(=O)C(CCCC(C)C(=O)OCCCCCCCC)CC1C(=O)OC(=O)C1CCCC(C)C1CCC2OC2C1. The molecule has 6 aliphatic carbocycles. The van der Waals surface area contributed by atoms with Crippen LogP contribution in [0.5, 0.6) is 0 Å². The summed E-state index contributed by atoms with van der Waals surface area (Å²) in [6, 6.07) is 0. The van der Waals surface area contributed by atoms with Gasteiger partial charge >= 0.3 is 71.6 Å². The number of ether oxygens (including phenoxy) is 11. The lowest BCUT2D eigenvalue weighted by molar-refractivity contribution is -0.161. The average molecular weight is 1830 g/mol. The Labute approximate surface area is 781 Å². The minimum Gasteiger partial charge on any atom is -0.465 e. The molecule has 25 unspecified atom stereocenters. The van der Waals surface area contributed by atoms with Gasteiger partial charge in [-0.2, -0.15) is 0 Å². The van der Waals surface area contributed by atoms with E-state index in [4.69, 9.17) is 52.1 Å². The molecule has 24 nitrogen and oxygen atoms in total. The minimum atomic E-state index is -0.663. The third-order valence-electron chi connectivity index (χ3n) is 31.6. The quantitative estimate of drug-likeness (QED) is 0.0179. The first kappa shape index (κ1) is 113. The third-order valence-corrected chi connectivity index (χ3v) is 31.6. The molecule has 0 N–H and O–H groups in total. The number of carbonyl (C=O) groups excluding carboxylic acids is 13. The number of carbonyl (C=O) groups is 13. The topological polar surface area (TPSA) is 330 Å². The van der Waals surface area contributed by atoms with Gasteiger partial charge in [0.2, 0.25) is 0 Å². The van der Waals surface area contributed by atoms with E-state index in [0.717, 1.165) is 127 Å². The van der Waals surface area contributed by atoms with Crippen LogP contribution in [0.15, 0.2) is 0 Å². The Morgan fingerprint density at radius 1 is 0.362 bits per heavy atom. The van der Waals surface area contributed by atoms with Crippen molar-refractivity contribution >= 4 is 77.4 Å². The second kappa shape index (κ2) is 57.0. The molecule has 5 aliphatic heterocycles. The van der Waals surface area contributed by atoms with Gasteiger partial charge in [-0.15, -0.1) is 0 Å². The lowest BCUT2D eigenvalue weighted by atomic mass is 9.77. The number of cyclic esters (lactones) is 6. The van der Waals surface area contributed by atoms with Gasteiger partial charge in [-0.1, -0.05) is 220 Å². The smallest absolute Gasteiger partial charge is 0.317 e. The molecule has 6 saturated carbocycles. The van der Waals surface area contributed by atoms with Gasteiger partial charge in [0.15, 0.2) is 0 Å². The van der Waals surface area contributed by atoms with Gasteiger partial charge in [-0.25, -0.2) is 0 Å². The molecule has 25 atom stereocenters. The molecule has 0 amide bonds. The normalized spacial score (nSPS) is 29.6. The van der Waals surface area contributed by atoms with Crippen LogP contribution in [0.2, 0.25) is 0 Å². The van der Waals surface area contributed by atoms with Crippen molar-refractivity contribution < 1.29 is 114 Å². The van der Waals surface area contributed by atoms with E-state index >= 15 is 0 Å². The van der Waals surface area contributed by atoms with Gasteiger partial charge in [0.05, 0.1) is 103 Å². The van der Waals surface area contributed by atoms with E-state index < -0.39 is 71.3 Å². The maximum absolute atomic E-state index is 13.5. The van der Waals surface area contributed by atoms with E-state index in [2.05, 4.69) is 41.5 Å². The standard InChI is InChI=1S/C42H72O8.C31H46O10.C30H46O6.3CH4/c1-5-7-9-11-13-14-16-18-28-48-40(44)34(23-19-22-32(4)39(43)47-27-17-15-12-10-8-6-2)29-36-35(41(45)50-42(36)46)24-20-21-31(3)33-25-26-37-38(30-33)49-37;1-5-22(28(35)40-25-17-21-12-13-31(25,4)18-21)9-7-11-24-23(29(36)41-30(24)37)10-6-8-19(2)27(34)39-15-14-38-26(33)16-20(3)32;1-4-20(27(31)35-26-15-19-13-14-30(26,3)17-19)8-6-10-23-22(28(32)36-29(23)33)9-5-7-18(2)21-11-12-24-25(16-21)34-24;;;/h31-38H,5-30H2,1-4H3;19,21-25H,5-18H2,1-4H3;18-26H,4-17H2,1-3H3;3*1H4. The van der Waals surface area contributed by atoms with Crippen LogP contribution in [0.4, 0.5) is 0 Å². The number of fused-ring (bicyclic) bond motifs is 6. The van der Waals surface area contributed by atoms with Gasteiger partial charge in [0.25, 0.3) is 0 Å². The largest absolute Gasteiger partial charge is 0.465 e. The molecule has 5 heterocycles. The van der Waals surface area contributed by atoms with Gasteiger partial charge in [0.1, 0.15) is 37.6 Å². The Morgan fingerprint density at radius 3 is 1.08 bits per heavy atom. The van der Waals surface area contributed by atoms with Crippen LogP contribution in [-0.4, -0.2) is 140 Å². The number of Topliss-reactive ketones (excluding diaryl/α,β-unsaturated/α-hetero) is 1. The van der Waals surface area contributed by atoms with Crippen molar-refractivity contribution in [3.8, 4) is 0 Å². The van der Waals surface area contributed by atoms with Gasteiger partial charge < -0.3 is 52.1 Å². The summed E-state index contributed by atoms with van der Waals surface area (Å²) in [5.41, 5.74) is 0.280. The highest BCUT2D eigenvalue weighted by Gasteiger charge is 2.54. The highest BCUT2D eigenvalue weighted by molar-refractivity contribution is 5.98. The summed E-state index contributed by atoms with van der Waals surface area (Å²) in [7, 11) is 0. The zero-order valence-corrected chi connectivity index (χ0v) is 79.8. The highest BCUT2D eigenvalue weighted by atomic mass is 16.6. The Bertz CT molecular complexity index is 3540. The highest BCUT2D eigenvalue weighted by Crippen LogP contribution is 2.57. The summed E-state index contributed by atoms with van der Waals surface area (Å²) in [5, 5.41) is 0. The number of unbranched alkanes of at least 4 members (excludes halogenated alkanes) is 12. The molecule has 0 aromatic carbocycles. The van der Waals surface area contributed by atoms with Crippen molar-refractivity contribution in [3.05, 3.63) is 0 Å². The third kappa shape index (κ3) is 35.2. The first-order chi connectivity index (χ1) is 60.9. The molecular weight excluding hydrogens is 1660 g/mol. The Kier molecular flexibility index (Phi) is 49.4. The lowest BCUT2D eigenvalue weighted by Gasteiger charge is -2.32. The molecule has 0 radical (unpaired) electrons. The number of esters is 12. The molecule has 130 heavy (non-hydrogen) atoms. The van der Waals surface area contributed by atoms with Crippen molar-refractivity contribution in [1.82, 2.24) is 0 Å². The maximum atomic E-state index is 13.5. The molecule has 24 heteroatoms. The molecule has 0 spiro atoms. The van der Waals surface area contributed by atoms with Crippen LogP contribution in [0, 0.1) is 111 Å². The number of hydrogen-bond donors (Lipinski definition) is 0. The van der Waals surface area contributed by atoms with Crippen LogP contribution >= 0.6 is 0 Å². The van der Waals surface area contributed by atoms with Crippen molar-refractivity contribution in [2.45, 2.75) is 456 Å². The van der Waals surface area contributed by atoms with Crippen molar-refractivity contribution in [3.63, 3.8) is 0 Å². The fourth-order valence-electron chi connectivity index (χ4n) is 22.9. The summed E-state index contributed by atoms with van der Waals surface area (Å²) >= 11 is 0. The molecule has 5 saturated heterocycles. The van der Waals surface area contributed by atoms with E-state index in [1.54, 1.807) is 6.92 Å². The van der Waals surface area contributed by atoms with Crippen molar-refractivity contribution in [2.75, 3.05) is 26.4 Å². The second-order valence-corrected chi connectivity index (χ2v) is 41.6. The fraction of sp³-hybridized carbons (Fsp3) is 0.877. The zero-order valence-electron chi connectivity index (χ0n) is 79.8.